The van der Waals surface area contributed by atoms with Crippen molar-refractivity contribution in [3.63, 3.8) is 0 Å². The molecule has 13 aromatic rings. The second-order valence-electron chi connectivity index (χ2n) is 15.9. The van der Waals surface area contributed by atoms with Crippen LogP contribution < -0.4 is 0 Å². The molecule has 0 unspecified atom stereocenters. The standard InChI is InChI=1S/C57H35N5/c1-3-16-36(17-4-1)37-30-32-39(33-31-37)56-58-55(38-18-5-2-6-19-38)59-57(60-56)62-49-28-14-12-25-47(49)53-51(62)35-34-46-43-23-11-13-27-48(43)61(54(46)53)50-29-15-26-45-42-21-8-7-20-40(42)41-22-9-10-24-44(41)52(45)50/h1-35H. The van der Waals surface area contributed by atoms with Gasteiger partial charge in [0.05, 0.1) is 27.8 Å². The number of aromatic nitrogens is 5. The van der Waals surface area contributed by atoms with Crippen LogP contribution in [0, 0.1) is 0 Å². The maximum absolute atomic E-state index is 5.32. The van der Waals surface area contributed by atoms with E-state index in [1.165, 1.54) is 48.7 Å². The van der Waals surface area contributed by atoms with Crippen molar-refractivity contribution in [2.45, 2.75) is 0 Å². The van der Waals surface area contributed by atoms with Gasteiger partial charge in [-0.1, -0.05) is 188 Å². The Labute approximate surface area is 356 Å². The van der Waals surface area contributed by atoms with E-state index in [9.17, 15) is 0 Å². The van der Waals surface area contributed by atoms with Crippen LogP contribution in [0.3, 0.4) is 0 Å². The van der Waals surface area contributed by atoms with E-state index in [0.29, 0.717) is 17.6 Å². The summed E-state index contributed by atoms with van der Waals surface area (Å²) in [6, 6.07) is 75.6. The highest BCUT2D eigenvalue weighted by Crippen LogP contribution is 2.45. The molecule has 0 saturated carbocycles. The van der Waals surface area contributed by atoms with Gasteiger partial charge in [0, 0.05) is 38.1 Å². The lowest BCUT2D eigenvalue weighted by Crippen LogP contribution is -2.06. The summed E-state index contributed by atoms with van der Waals surface area (Å²) in [5.74, 6) is 1.80. The van der Waals surface area contributed by atoms with E-state index in [1.807, 2.05) is 24.3 Å². The molecule has 0 aliphatic carbocycles. The zero-order valence-electron chi connectivity index (χ0n) is 33.4. The molecule has 5 nitrogen and oxygen atoms in total. The molecule has 5 heteroatoms. The summed E-state index contributed by atoms with van der Waals surface area (Å²) in [6.07, 6.45) is 0. The maximum Gasteiger partial charge on any atom is 0.238 e. The lowest BCUT2D eigenvalue weighted by molar-refractivity contribution is 0.953. The zero-order valence-corrected chi connectivity index (χ0v) is 33.4. The molecule has 288 valence electrons. The van der Waals surface area contributed by atoms with Crippen LogP contribution in [0.1, 0.15) is 0 Å². The van der Waals surface area contributed by atoms with Crippen LogP contribution in [0.4, 0.5) is 0 Å². The van der Waals surface area contributed by atoms with Crippen LogP contribution in [0.15, 0.2) is 212 Å². The van der Waals surface area contributed by atoms with Crippen LogP contribution >= 0.6 is 0 Å². The minimum Gasteiger partial charge on any atom is -0.308 e. The Bertz CT molecular complexity index is 3860. The van der Waals surface area contributed by atoms with Crippen LogP contribution in [0.5, 0.6) is 0 Å². The maximum atomic E-state index is 5.32. The molecule has 3 heterocycles. The Morgan fingerprint density at radius 1 is 0.258 bits per heavy atom. The van der Waals surface area contributed by atoms with Crippen LogP contribution in [-0.4, -0.2) is 24.1 Å². The molecule has 0 radical (unpaired) electrons. The van der Waals surface area contributed by atoms with Gasteiger partial charge in [-0.25, -0.2) is 4.98 Å². The van der Waals surface area contributed by atoms with Crippen molar-refractivity contribution in [2.24, 2.45) is 0 Å². The molecule has 0 aliphatic heterocycles. The van der Waals surface area contributed by atoms with Crippen molar-refractivity contribution < 1.29 is 0 Å². The number of hydrogen-bond acceptors (Lipinski definition) is 3. The first-order chi connectivity index (χ1) is 30.8. The Morgan fingerprint density at radius 3 is 1.39 bits per heavy atom. The third-order valence-electron chi connectivity index (χ3n) is 12.6. The molecular weight excluding hydrogens is 755 g/mol. The molecule has 0 saturated heterocycles. The number of hydrogen-bond donors (Lipinski definition) is 0. The Hall–Kier alpha value is -8.41. The fraction of sp³-hybridized carbons (Fsp3) is 0. The summed E-state index contributed by atoms with van der Waals surface area (Å²) in [6.45, 7) is 0. The van der Waals surface area contributed by atoms with E-state index >= 15 is 0 Å². The van der Waals surface area contributed by atoms with Gasteiger partial charge in [0.15, 0.2) is 11.6 Å². The third kappa shape index (κ3) is 5.12. The van der Waals surface area contributed by atoms with Crippen molar-refractivity contribution >= 4 is 75.9 Å². The normalized spacial score (nSPS) is 11.9. The smallest absolute Gasteiger partial charge is 0.238 e. The first kappa shape index (κ1) is 34.5. The van der Waals surface area contributed by atoms with E-state index in [1.54, 1.807) is 0 Å². The molecule has 0 amide bonds. The van der Waals surface area contributed by atoms with E-state index in [-0.39, 0.29) is 0 Å². The predicted molar refractivity (Wildman–Crippen MR) is 257 cm³/mol. The Balaban J connectivity index is 1.13. The van der Waals surface area contributed by atoms with Crippen molar-refractivity contribution in [1.82, 2.24) is 24.1 Å². The highest BCUT2D eigenvalue weighted by Gasteiger charge is 2.24. The number of rotatable bonds is 5. The quantitative estimate of drug-likeness (QED) is 0.163. The van der Waals surface area contributed by atoms with Crippen LogP contribution in [0.25, 0.3) is 121 Å². The average Bonchev–Trinajstić information content (AvgIpc) is 3.87. The molecule has 0 bridgehead atoms. The summed E-state index contributed by atoms with van der Waals surface area (Å²) in [5, 5.41) is 12.1. The van der Waals surface area contributed by atoms with Gasteiger partial charge in [-0.15, -0.1) is 0 Å². The topological polar surface area (TPSA) is 48.5 Å². The molecule has 10 aromatic carbocycles. The first-order valence-electron chi connectivity index (χ1n) is 21.0. The molecule has 0 spiro atoms. The van der Waals surface area contributed by atoms with Crippen molar-refractivity contribution in [3.05, 3.63) is 212 Å². The molecule has 13 rings (SSSR count). The SMILES string of the molecule is c1ccc(-c2ccc(-c3nc(-c4ccccc4)nc(-n4c5ccccc5c5c4ccc4c6ccccc6n(-c6cccc7c8ccccc8c8ccccc8c67)c45)n3)cc2)cc1. The van der Waals surface area contributed by atoms with Gasteiger partial charge in [0.25, 0.3) is 0 Å². The molecule has 0 aliphatic rings. The molecular formula is C57H35N5. The van der Waals surface area contributed by atoms with E-state index in [0.717, 1.165) is 55.2 Å². The van der Waals surface area contributed by atoms with Gasteiger partial charge in [0.2, 0.25) is 5.95 Å². The molecule has 0 fully saturated rings. The highest BCUT2D eigenvalue weighted by molar-refractivity contribution is 6.30. The summed E-state index contributed by atoms with van der Waals surface area (Å²) in [5.41, 5.74) is 9.66. The lowest BCUT2D eigenvalue weighted by atomic mass is 9.93. The van der Waals surface area contributed by atoms with Gasteiger partial charge in [0.1, 0.15) is 0 Å². The summed E-state index contributed by atoms with van der Waals surface area (Å²) < 4.78 is 4.74. The second kappa shape index (κ2) is 13.6. The number of benzene rings is 10. The highest BCUT2D eigenvalue weighted by atomic mass is 15.2. The van der Waals surface area contributed by atoms with Crippen LogP contribution in [-0.2, 0) is 0 Å². The fourth-order valence-electron chi connectivity index (χ4n) is 9.85. The van der Waals surface area contributed by atoms with E-state index in [2.05, 4.69) is 197 Å². The minimum atomic E-state index is 0.567. The van der Waals surface area contributed by atoms with Crippen LogP contribution in [0.2, 0.25) is 0 Å². The molecule has 62 heavy (non-hydrogen) atoms. The number of fused-ring (bicyclic) bond motifs is 13. The fourth-order valence-corrected chi connectivity index (χ4v) is 9.85. The van der Waals surface area contributed by atoms with Gasteiger partial charge in [-0.3, -0.25) is 4.57 Å². The molecule has 0 N–H and O–H groups in total. The third-order valence-corrected chi connectivity index (χ3v) is 12.6. The summed E-state index contributed by atoms with van der Waals surface area (Å²) in [7, 11) is 0. The number of para-hydroxylation sites is 2. The zero-order chi connectivity index (χ0) is 40.7. The van der Waals surface area contributed by atoms with Gasteiger partial charge < -0.3 is 4.57 Å². The Kier molecular flexibility index (Phi) is 7.54. The summed E-state index contributed by atoms with van der Waals surface area (Å²) >= 11 is 0. The minimum absolute atomic E-state index is 0.567. The first-order valence-corrected chi connectivity index (χ1v) is 21.0. The number of nitrogens with zero attached hydrogens (tertiary/aromatic N) is 5. The second-order valence-corrected chi connectivity index (χ2v) is 15.9. The van der Waals surface area contributed by atoms with Gasteiger partial charge in [-0.05, 0) is 62.3 Å². The molecule has 3 aromatic heterocycles. The summed E-state index contributed by atoms with van der Waals surface area (Å²) in [4.78, 5) is 15.7. The van der Waals surface area contributed by atoms with Crippen molar-refractivity contribution in [3.8, 4) is 45.5 Å². The Morgan fingerprint density at radius 2 is 0.726 bits per heavy atom. The monoisotopic (exact) mass is 789 g/mol. The van der Waals surface area contributed by atoms with Gasteiger partial charge in [-0.2, -0.15) is 9.97 Å². The van der Waals surface area contributed by atoms with Crippen molar-refractivity contribution in [2.75, 3.05) is 0 Å². The lowest BCUT2D eigenvalue weighted by Gasteiger charge is -2.17. The largest absolute Gasteiger partial charge is 0.308 e. The average molecular weight is 790 g/mol. The van der Waals surface area contributed by atoms with E-state index < -0.39 is 0 Å². The predicted octanol–water partition coefficient (Wildman–Crippen LogP) is 14.5. The van der Waals surface area contributed by atoms with Crippen molar-refractivity contribution in [1.29, 1.82) is 0 Å². The molecule has 0 atom stereocenters. The van der Waals surface area contributed by atoms with E-state index in [4.69, 9.17) is 15.0 Å². The van der Waals surface area contributed by atoms with Gasteiger partial charge >= 0.3 is 0 Å².